The summed E-state index contributed by atoms with van der Waals surface area (Å²) in [5.41, 5.74) is 4.64. The summed E-state index contributed by atoms with van der Waals surface area (Å²) in [6.45, 7) is 0.772. The van der Waals surface area contributed by atoms with E-state index in [9.17, 15) is 9.59 Å². The number of benzene rings is 1. The zero-order chi connectivity index (χ0) is 16.8. The molecule has 0 spiro atoms. The van der Waals surface area contributed by atoms with Crippen molar-refractivity contribution < 1.29 is 23.5 Å². The molecule has 1 saturated heterocycles. The Morgan fingerprint density at radius 1 is 1.12 bits per heavy atom. The fourth-order valence-electron chi connectivity index (χ4n) is 2.29. The molecule has 2 amide bonds. The van der Waals surface area contributed by atoms with Crippen molar-refractivity contribution >= 4 is 11.8 Å². The quantitative estimate of drug-likeness (QED) is 0.816. The minimum atomic E-state index is -0.535. The standard InChI is InChI=1S/C17H18N2O5/c20-16(14-7-4-10-22-14)18-19-17(21)15-9-8-13(24-15)11-23-12-5-2-1-3-6-12/h1-3,5-6,8-9,14H,4,7,10-11H2,(H,18,20)(H,19,21). The van der Waals surface area contributed by atoms with E-state index in [4.69, 9.17) is 13.9 Å². The maximum Gasteiger partial charge on any atom is 0.305 e. The molecular weight excluding hydrogens is 312 g/mol. The summed E-state index contributed by atoms with van der Waals surface area (Å²) in [7, 11) is 0. The maximum atomic E-state index is 12.0. The molecule has 126 valence electrons. The van der Waals surface area contributed by atoms with Crippen LogP contribution in [0.2, 0.25) is 0 Å². The summed E-state index contributed by atoms with van der Waals surface area (Å²) in [6, 6.07) is 12.5. The fourth-order valence-corrected chi connectivity index (χ4v) is 2.29. The minimum Gasteiger partial charge on any atom is -0.486 e. The number of ether oxygens (including phenoxy) is 2. The van der Waals surface area contributed by atoms with Crippen LogP contribution in [0.4, 0.5) is 0 Å². The Bertz CT molecular complexity index is 692. The molecule has 7 heteroatoms. The highest BCUT2D eigenvalue weighted by atomic mass is 16.5. The van der Waals surface area contributed by atoms with Crippen LogP contribution < -0.4 is 15.6 Å². The Balaban J connectivity index is 1.47. The van der Waals surface area contributed by atoms with Crippen LogP contribution in [0.5, 0.6) is 5.75 Å². The van der Waals surface area contributed by atoms with Gasteiger partial charge in [-0.15, -0.1) is 0 Å². The van der Waals surface area contributed by atoms with Crippen LogP contribution in [-0.2, 0) is 16.1 Å². The van der Waals surface area contributed by atoms with E-state index in [-0.39, 0.29) is 18.3 Å². The van der Waals surface area contributed by atoms with E-state index < -0.39 is 12.0 Å². The van der Waals surface area contributed by atoms with Gasteiger partial charge in [0.25, 0.3) is 5.91 Å². The van der Waals surface area contributed by atoms with Crippen LogP contribution in [0.25, 0.3) is 0 Å². The first-order chi connectivity index (χ1) is 11.7. The van der Waals surface area contributed by atoms with Gasteiger partial charge in [0.1, 0.15) is 24.2 Å². The van der Waals surface area contributed by atoms with Crippen LogP contribution in [0.3, 0.4) is 0 Å². The number of nitrogens with one attached hydrogen (secondary N) is 2. The summed E-state index contributed by atoms with van der Waals surface area (Å²) >= 11 is 0. The number of carbonyl (C=O) groups is 2. The zero-order valence-corrected chi connectivity index (χ0v) is 13.0. The van der Waals surface area contributed by atoms with Crippen molar-refractivity contribution in [2.75, 3.05) is 6.61 Å². The van der Waals surface area contributed by atoms with Crippen molar-refractivity contribution in [1.82, 2.24) is 10.9 Å². The number of rotatable bonds is 5. The SMILES string of the molecule is O=C(NNC(=O)C1CCCO1)c1ccc(COc2ccccc2)o1. The Kier molecular flexibility index (Phi) is 5.12. The molecule has 1 atom stereocenters. The first-order valence-electron chi connectivity index (χ1n) is 7.71. The highest BCUT2D eigenvalue weighted by molar-refractivity contribution is 5.93. The second-order valence-corrected chi connectivity index (χ2v) is 5.31. The minimum absolute atomic E-state index is 0.0919. The molecule has 1 fully saturated rings. The van der Waals surface area contributed by atoms with Gasteiger partial charge in [0.15, 0.2) is 5.76 Å². The lowest BCUT2D eigenvalue weighted by atomic mass is 10.2. The number of amides is 2. The van der Waals surface area contributed by atoms with Gasteiger partial charge in [-0.05, 0) is 37.1 Å². The van der Waals surface area contributed by atoms with Gasteiger partial charge in [-0.3, -0.25) is 20.4 Å². The third kappa shape index (κ3) is 4.14. The van der Waals surface area contributed by atoms with Gasteiger partial charge < -0.3 is 13.9 Å². The van der Waals surface area contributed by atoms with Crippen LogP contribution in [-0.4, -0.2) is 24.5 Å². The van der Waals surface area contributed by atoms with Crippen molar-refractivity contribution in [3.63, 3.8) is 0 Å². The van der Waals surface area contributed by atoms with Gasteiger partial charge in [0.05, 0.1) is 0 Å². The van der Waals surface area contributed by atoms with Crippen LogP contribution in [0.15, 0.2) is 46.9 Å². The summed E-state index contributed by atoms with van der Waals surface area (Å²) in [5.74, 6) is 0.417. The van der Waals surface area contributed by atoms with E-state index >= 15 is 0 Å². The fraction of sp³-hybridized carbons (Fsp3) is 0.294. The molecule has 1 aromatic carbocycles. The monoisotopic (exact) mass is 330 g/mol. The molecule has 2 N–H and O–H groups in total. The van der Waals surface area contributed by atoms with Crippen molar-refractivity contribution in [1.29, 1.82) is 0 Å². The highest BCUT2D eigenvalue weighted by Crippen LogP contribution is 2.14. The highest BCUT2D eigenvalue weighted by Gasteiger charge is 2.24. The van der Waals surface area contributed by atoms with Crippen molar-refractivity contribution in [3.05, 3.63) is 54.0 Å². The number of hydrazine groups is 1. The number of carbonyl (C=O) groups excluding carboxylic acids is 2. The molecule has 2 aromatic rings. The molecule has 1 aromatic heterocycles. The van der Waals surface area contributed by atoms with Gasteiger partial charge >= 0.3 is 5.91 Å². The van der Waals surface area contributed by atoms with Crippen LogP contribution in [0.1, 0.15) is 29.2 Å². The van der Waals surface area contributed by atoms with Crippen LogP contribution >= 0.6 is 0 Å². The molecular formula is C17H18N2O5. The van der Waals surface area contributed by atoms with E-state index in [0.717, 1.165) is 6.42 Å². The number of furan rings is 1. The molecule has 0 aliphatic carbocycles. The summed E-state index contributed by atoms with van der Waals surface area (Å²) in [5, 5.41) is 0. The number of hydrogen-bond donors (Lipinski definition) is 2. The third-order valence-corrected chi connectivity index (χ3v) is 3.53. The topological polar surface area (TPSA) is 89.8 Å². The normalized spacial score (nSPS) is 16.6. The van der Waals surface area contributed by atoms with Gasteiger partial charge in [-0.25, -0.2) is 0 Å². The molecule has 7 nitrogen and oxygen atoms in total. The van der Waals surface area contributed by atoms with Crippen LogP contribution in [0, 0.1) is 0 Å². The van der Waals surface area contributed by atoms with Gasteiger partial charge in [-0.2, -0.15) is 0 Å². The second-order valence-electron chi connectivity index (χ2n) is 5.31. The molecule has 1 unspecified atom stereocenters. The Morgan fingerprint density at radius 2 is 1.96 bits per heavy atom. The Labute approximate surface area is 138 Å². The maximum absolute atomic E-state index is 12.0. The largest absolute Gasteiger partial charge is 0.486 e. The lowest BCUT2D eigenvalue weighted by molar-refractivity contribution is -0.130. The summed E-state index contributed by atoms with van der Waals surface area (Å²) < 4.78 is 16.2. The number of para-hydroxylation sites is 1. The molecule has 1 aliphatic heterocycles. The first kappa shape index (κ1) is 16.1. The van der Waals surface area contributed by atoms with Crippen molar-refractivity contribution in [2.24, 2.45) is 0 Å². The molecule has 2 heterocycles. The molecule has 3 rings (SSSR count). The predicted octanol–water partition coefficient (Wildman–Crippen LogP) is 1.80. The lowest BCUT2D eigenvalue weighted by Gasteiger charge is -2.10. The van der Waals surface area contributed by atoms with Gasteiger partial charge in [-0.1, -0.05) is 18.2 Å². The summed E-state index contributed by atoms with van der Waals surface area (Å²) in [6.07, 6.45) is 0.995. The second kappa shape index (κ2) is 7.65. The molecule has 0 bridgehead atoms. The molecule has 24 heavy (non-hydrogen) atoms. The van der Waals surface area contributed by atoms with E-state index in [1.54, 1.807) is 6.07 Å². The predicted molar refractivity (Wildman–Crippen MR) is 84.1 cm³/mol. The third-order valence-electron chi connectivity index (χ3n) is 3.53. The van der Waals surface area contributed by atoms with E-state index in [1.165, 1.54) is 6.07 Å². The molecule has 0 radical (unpaired) electrons. The first-order valence-corrected chi connectivity index (χ1v) is 7.71. The van der Waals surface area contributed by atoms with Gasteiger partial charge in [0.2, 0.25) is 0 Å². The Morgan fingerprint density at radius 3 is 2.71 bits per heavy atom. The Hall–Kier alpha value is -2.80. The zero-order valence-electron chi connectivity index (χ0n) is 13.0. The molecule has 1 aliphatic rings. The van der Waals surface area contributed by atoms with E-state index in [0.29, 0.717) is 24.5 Å². The average molecular weight is 330 g/mol. The van der Waals surface area contributed by atoms with Crippen molar-refractivity contribution in [2.45, 2.75) is 25.6 Å². The molecule has 0 saturated carbocycles. The van der Waals surface area contributed by atoms with E-state index in [2.05, 4.69) is 10.9 Å². The smallest absolute Gasteiger partial charge is 0.305 e. The number of hydrogen-bond acceptors (Lipinski definition) is 5. The van der Waals surface area contributed by atoms with E-state index in [1.807, 2.05) is 30.3 Å². The van der Waals surface area contributed by atoms with Crippen molar-refractivity contribution in [3.8, 4) is 5.75 Å². The lowest BCUT2D eigenvalue weighted by Crippen LogP contribution is -2.46. The summed E-state index contributed by atoms with van der Waals surface area (Å²) in [4.78, 5) is 23.7. The van der Waals surface area contributed by atoms with Gasteiger partial charge in [0, 0.05) is 6.61 Å². The average Bonchev–Trinajstić information content (AvgIpc) is 3.30.